The Morgan fingerprint density at radius 2 is 2.44 bits per heavy atom. The molecule has 0 spiro atoms. The SMILES string of the molecule is CC1CC1C(=O)Nc1cc(C#CCCO)ccn1. The van der Waals surface area contributed by atoms with Crippen molar-refractivity contribution in [1.29, 1.82) is 0 Å². The number of hydrogen-bond donors (Lipinski definition) is 2. The third kappa shape index (κ3) is 3.31. The van der Waals surface area contributed by atoms with Crippen LogP contribution in [0.15, 0.2) is 18.3 Å². The number of aliphatic hydroxyl groups excluding tert-OH is 1. The maximum atomic E-state index is 11.7. The Balaban J connectivity index is 1.99. The monoisotopic (exact) mass is 244 g/mol. The second-order valence-electron chi connectivity index (χ2n) is 4.51. The van der Waals surface area contributed by atoms with E-state index >= 15 is 0 Å². The number of nitrogens with one attached hydrogen (secondary N) is 1. The van der Waals surface area contributed by atoms with Gasteiger partial charge in [0, 0.05) is 24.1 Å². The van der Waals surface area contributed by atoms with E-state index in [2.05, 4.69) is 29.1 Å². The lowest BCUT2D eigenvalue weighted by atomic mass is 10.2. The fourth-order valence-electron chi connectivity index (χ4n) is 1.70. The number of rotatable bonds is 3. The molecule has 0 radical (unpaired) electrons. The highest BCUT2D eigenvalue weighted by molar-refractivity contribution is 5.93. The van der Waals surface area contributed by atoms with Gasteiger partial charge in [0.2, 0.25) is 5.91 Å². The van der Waals surface area contributed by atoms with Gasteiger partial charge in [-0.2, -0.15) is 0 Å². The van der Waals surface area contributed by atoms with E-state index in [0.717, 1.165) is 12.0 Å². The van der Waals surface area contributed by atoms with Crippen LogP contribution in [0.4, 0.5) is 5.82 Å². The topological polar surface area (TPSA) is 62.2 Å². The number of carbonyl (C=O) groups is 1. The number of pyridine rings is 1. The van der Waals surface area contributed by atoms with Gasteiger partial charge in [-0.3, -0.25) is 4.79 Å². The summed E-state index contributed by atoms with van der Waals surface area (Å²) in [6.07, 6.45) is 3.03. The predicted molar refractivity (Wildman–Crippen MR) is 68.7 cm³/mol. The van der Waals surface area contributed by atoms with Crippen LogP contribution < -0.4 is 5.32 Å². The number of carbonyl (C=O) groups excluding carboxylic acids is 1. The van der Waals surface area contributed by atoms with Gasteiger partial charge < -0.3 is 10.4 Å². The minimum atomic E-state index is 0.0375. The second-order valence-corrected chi connectivity index (χ2v) is 4.51. The quantitative estimate of drug-likeness (QED) is 0.790. The van der Waals surface area contributed by atoms with Crippen molar-refractivity contribution in [2.75, 3.05) is 11.9 Å². The number of aliphatic hydroxyl groups is 1. The molecule has 1 fully saturated rings. The zero-order valence-electron chi connectivity index (χ0n) is 10.3. The first-order valence-corrected chi connectivity index (χ1v) is 6.07. The highest BCUT2D eigenvalue weighted by Gasteiger charge is 2.39. The van der Waals surface area contributed by atoms with Crippen LogP contribution in [0.25, 0.3) is 0 Å². The summed E-state index contributed by atoms with van der Waals surface area (Å²) in [5.74, 6) is 6.94. The van der Waals surface area contributed by atoms with Crippen LogP contribution in [-0.4, -0.2) is 22.6 Å². The van der Waals surface area contributed by atoms with E-state index in [-0.39, 0.29) is 18.4 Å². The number of anilines is 1. The van der Waals surface area contributed by atoms with Crippen molar-refractivity contribution >= 4 is 11.7 Å². The minimum absolute atomic E-state index is 0.0375. The van der Waals surface area contributed by atoms with Crippen molar-refractivity contribution in [3.8, 4) is 11.8 Å². The van der Waals surface area contributed by atoms with Crippen molar-refractivity contribution < 1.29 is 9.90 Å². The molecule has 2 atom stereocenters. The van der Waals surface area contributed by atoms with Gasteiger partial charge in [0.05, 0.1) is 6.61 Å². The van der Waals surface area contributed by atoms with E-state index in [1.807, 2.05) is 0 Å². The lowest BCUT2D eigenvalue weighted by Gasteiger charge is -2.03. The van der Waals surface area contributed by atoms with Gasteiger partial charge >= 0.3 is 0 Å². The average molecular weight is 244 g/mol. The Morgan fingerprint density at radius 1 is 1.67 bits per heavy atom. The smallest absolute Gasteiger partial charge is 0.228 e. The third-order valence-corrected chi connectivity index (χ3v) is 2.93. The Bertz CT molecular complexity index is 502. The molecule has 1 amide bonds. The average Bonchev–Trinajstić information content (AvgIpc) is 3.07. The molecule has 0 bridgehead atoms. The summed E-state index contributed by atoms with van der Waals surface area (Å²) in [7, 11) is 0. The molecular formula is C14H16N2O2. The summed E-state index contributed by atoms with van der Waals surface area (Å²) in [6.45, 7) is 2.12. The fourth-order valence-corrected chi connectivity index (χ4v) is 1.70. The van der Waals surface area contributed by atoms with Crippen molar-refractivity contribution in [3.05, 3.63) is 23.9 Å². The molecule has 1 aliphatic rings. The van der Waals surface area contributed by atoms with Gasteiger partial charge in [-0.25, -0.2) is 4.98 Å². The van der Waals surface area contributed by atoms with Crippen LogP contribution in [-0.2, 0) is 4.79 Å². The van der Waals surface area contributed by atoms with Crippen molar-refractivity contribution in [1.82, 2.24) is 4.98 Å². The summed E-state index contributed by atoms with van der Waals surface area (Å²) in [4.78, 5) is 15.8. The van der Waals surface area contributed by atoms with Crippen LogP contribution >= 0.6 is 0 Å². The molecule has 0 aliphatic heterocycles. The largest absolute Gasteiger partial charge is 0.395 e. The summed E-state index contributed by atoms with van der Waals surface area (Å²) in [6, 6.07) is 3.52. The Kier molecular flexibility index (Phi) is 3.96. The molecule has 0 saturated heterocycles. The molecule has 2 N–H and O–H groups in total. The third-order valence-electron chi connectivity index (χ3n) is 2.93. The van der Waals surface area contributed by atoms with Crippen LogP contribution in [0.1, 0.15) is 25.3 Å². The van der Waals surface area contributed by atoms with Gasteiger partial charge in [-0.1, -0.05) is 18.8 Å². The second kappa shape index (κ2) is 5.65. The van der Waals surface area contributed by atoms with E-state index in [1.54, 1.807) is 18.3 Å². The van der Waals surface area contributed by atoms with Gasteiger partial charge in [-0.15, -0.1) is 0 Å². The number of amides is 1. The zero-order chi connectivity index (χ0) is 13.0. The molecular weight excluding hydrogens is 228 g/mol. The molecule has 94 valence electrons. The molecule has 2 rings (SSSR count). The molecule has 1 aromatic rings. The standard InChI is InChI=1S/C14H16N2O2/c1-10-8-12(10)14(18)16-13-9-11(5-6-15-13)4-2-3-7-17/h5-6,9-10,12,17H,3,7-8H2,1H3,(H,15,16,18). The lowest BCUT2D eigenvalue weighted by molar-refractivity contribution is -0.117. The predicted octanol–water partition coefficient (Wildman–Crippen LogP) is 1.41. The van der Waals surface area contributed by atoms with Crippen LogP contribution in [0.5, 0.6) is 0 Å². The fraction of sp³-hybridized carbons (Fsp3) is 0.429. The number of aromatic nitrogens is 1. The summed E-state index contributed by atoms with van der Waals surface area (Å²) >= 11 is 0. The van der Waals surface area contributed by atoms with Gasteiger partial charge in [0.15, 0.2) is 0 Å². The number of hydrogen-bond acceptors (Lipinski definition) is 3. The molecule has 1 heterocycles. The maximum absolute atomic E-state index is 11.7. The first-order valence-electron chi connectivity index (χ1n) is 6.07. The zero-order valence-corrected chi connectivity index (χ0v) is 10.3. The maximum Gasteiger partial charge on any atom is 0.228 e. The summed E-state index contributed by atoms with van der Waals surface area (Å²) in [5.41, 5.74) is 0.789. The normalized spacial score (nSPS) is 20.8. The number of nitrogens with zero attached hydrogens (tertiary/aromatic N) is 1. The van der Waals surface area contributed by atoms with Gasteiger partial charge in [0.1, 0.15) is 5.82 Å². The van der Waals surface area contributed by atoms with Crippen LogP contribution in [0, 0.1) is 23.7 Å². The molecule has 1 saturated carbocycles. The molecule has 2 unspecified atom stereocenters. The summed E-state index contributed by atoms with van der Waals surface area (Å²) in [5, 5.41) is 11.4. The van der Waals surface area contributed by atoms with E-state index in [0.29, 0.717) is 18.2 Å². The molecule has 4 nitrogen and oxygen atoms in total. The van der Waals surface area contributed by atoms with E-state index in [1.165, 1.54) is 0 Å². The van der Waals surface area contributed by atoms with E-state index in [9.17, 15) is 4.79 Å². The van der Waals surface area contributed by atoms with E-state index in [4.69, 9.17) is 5.11 Å². The molecule has 18 heavy (non-hydrogen) atoms. The van der Waals surface area contributed by atoms with E-state index < -0.39 is 0 Å². The first kappa shape index (κ1) is 12.6. The van der Waals surface area contributed by atoms with Crippen LogP contribution in [0.2, 0.25) is 0 Å². The highest BCUT2D eigenvalue weighted by Crippen LogP contribution is 2.38. The highest BCUT2D eigenvalue weighted by atomic mass is 16.2. The Hall–Kier alpha value is -1.86. The van der Waals surface area contributed by atoms with Crippen molar-refractivity contribution in [2.24, 2.45) is 11.8 Å². The van der Waals surface area contributed by atoms with Crippen molar-refractivity contribution in [3.63, 3.8) is 0 Å². The lowest BCUT2D eigenvalue weighted by Crippen LogP contribution is -2.15. The van der Waals surface area contributed by atoms with Gasteiger partial charge in [0.25, 0.3) is 0 Å². The molecule has 0 aromatic carbocycles. The molecule has 4 heteroatoms. The molecule has 1 aliphatic carbocycles. The Morgan fingerprint density at radius 3 is 3.11 bits per heavy atom. The summed E-state index contributed by atoms with van der Waals surface area (Å²) < 4.78 is 0. The minimum Gasteiger partial charge on any atom is -0.395 e. The van der Waals surface area contributed by atoms with Gasteiger partial charge in [-0.05, 0) is 24.5 Å². The molecule has 1 aromatic heterocycles. The first-order chi connectivity index (χ1) is 8.70. The van der Waals surface area contributed by atoms with Crippen LogP contribution in [0.3, 0.4) is 0 Å². The Labute approximate surface area is 106 Å². The van der Waals surface area contributed by atoms with Crippen molar-refractivity contribution in [2.45, 2.75) is 19.8 Å².